The quantitative estimate of drug-likeness (QED) is 0.452. The van der Waals surface area contributed by atoms with Crippen molar-refractivity contribution in [2.75, 3.05) is 19.8 Å². The van der Waals surface area contributed by atoms with E-state index in [1.54, 1.807) is 12.1 Å². The highest BCUT2D eigenvalue weighted by Crippen LogP contribution is 2.55. The van der Waals surface area contributed by atoms with E-state index in [1.165, 1.54) is 0 Å². The summed E-state index contributed by atoms with van der Waals surface area (Å²) in [5, 5.41) is 0.236. The third-order valence-electron chi connectivity index (χ3n) is 7.49. The van der Waals surface area contributed by atoms with Crippen LogP contribution in [0, 0.1) is 10.8 Å². The fourth-order valence-corrected chi connectivity index (χ4v) is 6.45. The van der Waals surface area contributed by atoms with Crippen LogP contribution < -0.4 is 15.2 Å². The summed E-state index contributed by atoms with van der Waals surface area (Å²) >= 11 is 6.70. The molecule has 0 fully saturated rings. The number of hydrogen-bond acceptors (Lipinski definition) is 6. The molecule has 38 heavy (non-hydrogen) atoms. The Morgan fingerprint density at radius 3 is 2.00 bits per heavy atom. The predicted octanol–water partition coefficient (Wildman–Crippen LogP) is 5.70. The van der Waals surface area contributed by atoms with Gasteiger partial charge in [0.2, 0.25) is 0 Å². The fourth-order valence-electron chi connectivity index (χ4n) is 6.18. The van der Waals surface area contributed by atoms with Gasteiger partial charge in [0.05, 0.1) is 11.6 Å². The molecule has 0 spiro atoms. The average molecular weight is 543 g/mol. The number of nitrogens with two attached hydrogens (primary N) is 1. The van der Waals surface area contributed by atoms with Crippen LogP contribution >= 0.6 is 11.6 Å². The van der Waals surface area contributed by atoms with Gasteiger partial charge in [-0.05, 0) is 54.7 Å². The van der Waals surface area contributed by atoms with Gasteiger partial charge in [0.1, 0.15) is 0 Å². The van der Waals surface area contributed by atoms with Crippen LogP contribution in [0.4, 0.5) is 0 Å². The summed E-state index contributed by atoms with van der Waals surface area (Å²) in [5.74, 6) is -0.475. The third kappa shape index (κ3) is 5.35. The summed E-state index contributed by atoms with van der Waals surface area (Å²) in [6, 6.07) is 3.52. The van der Waals surface area contributed by atoms with Gasteiger partial charge in [-0.3, -0.25) is 14.4 Å². The van der Waals surface area contributed by atoms with E-state index in [9.17, 15) is 14.4 Å². The summed E-state index contributed by atoms with van der Waals surface area (Å²) in [4.78, 5) is 41.4. The van der Waals surface area contributed by atoms with Gasteiger partial charge in [0.15, 0.2) is 29.7 Å². The summed E-state index contributed by atoms with van der Waals surface area (Å²) in [6.07, 6.45) is 3.23. The standard InChI is InChI=1S/C30H39ClN2O5/c1-7-9-33-19-12-29(3,4)14-21(34)26(19)25(27-20(33)13-30(5,6)15-22(27)35)17-10-18(31)28(38-16-24(32)36)23(11-17)37-8-2/h10-11,25H,7-9,12-16H2,1-6H3,(H2,32,36). The fraction of sp³-hybridized carbons (Fsp3) is 0.567. The van der Waals surface area contributed by atoms with E-state index in [4.69, 9.17) is 26.8 Å². The highest BCUT2D eigenvalue weighted by Gasteiger charge is 2.49. The molecule has 0 atom stereocenters. The van der Waals surface area contributed by atoms with Crippen LogP contribution in [0.15, 0.2) is 34.7 Å². The molecule has 0 bridgehead atoms. The van der Waals surface area contributed by atoms with E-state index in [1.807, 2.05) is 6.92 Å². The van der Waals surface area contributed by atoms with E-state index in [-0.39, 0.29) is 39.8 Å². The second kappa shape index (κ2) is 10.4. The molecule has 7 nitrogen and oxygen atoms in total. The molecule has 1 heterocycles. The lowest BCUT2D eigenvalue weighted by molar-refractivity contribution is -0.121. The lowest BCUT2D eigenvalue weighted by Crippen LogP contribution is -2.44. The van der Waals surface area contributed by atoms with Crippen molar-refractivity contribution in [1.82, 2.24) is 4.90 Å². The van der Waals surface area contributed by atoms with Crippen molar-refractivity contribution in [1.29, 1.82) is 0 Å². The highest BCUT2D eigenvalue weighted by molar-refractivity contribution is 6.32. The zero-order valence-electron chi connectivity index (χ0n) is 23.3. The second-order valence-corrected chi connectivity index (χ2v) is 12.6. The monoisotopic (exact) mass is 542 g/mol. The zero-order chi connectivity index (χ0) is 28.0. The van der Waals surface area contributed by atoms with Crippen LogP contribution in [0.1, 0.15) is 85.1 Å². The number of ketones is 2. The maximum absolute atomic E-state index is 13.9. The Morgan fingerprint density at radius 2 is 1.53 bits per heavy atom. The van der Waals surface area contributed by atoms with E-state index < -0.39 is 11.8 Å². The van der Waals surface area contributed by atoms with E-state index in [2.05, 4.69) is 39.5 Å². The minimum absolute atomic E-state index is 0.0645. The first kappa shape index (κ1) is 28.2. The van der Waals surface area contributed by atoms with Gasteiger partial charge in [-0.25, -0.2) is 0 Å². The molecule has 1 aliphatic heterocycles. The summed E-state index contributed by atoms with van der Waals surface area (Å²) in [6.45, 7) is 13.2. The predicted molar refractivity (Wildman–Crippen MR) is 147 cm³/mol. The van der Waals surface area contributed by atoms with E-state index in [0.717, 1.165) is 37.2 Å². The molecule has 0 unspecified atom stereocenters. The number of primary amides is 1. The molecular weight excluding hydrogens is 504 g/mol. The number of amides is 1. The molecule has 1 aromatic rings. The number of carbonyl (C=O) groups excluding carboxylic acids is 3. The maximum Gasteiger partial charge on any atom is 0.255 e. The number of rotatable bonds is 8. The smallest absolute Gasteiger partial charge is 0.255 e. The first-order valence-electron chi connectivity index (χ1n) is 13.5. The van der Waals surface area contributed by atoms with Crippen molar-refractivity contribution < 1.29 is 23.9 Å². The van der Waals surface area contributed by atoms with Crippen LogP contribution in [0.25, 0.3) is 0 Å². The van der Waals surface area contributed by atoms with Crippen molar-refractivity contribution in [2.45, 2.75) is 79.6 Å². The molecule has 0 saturated carbocycles. The largest absolute Gasteiger partial charge is 0.490 e. The molecular formula is C30H39ClN2O5. The molecule has 1 aromatic carbocycles. The van der Waals surface area contributed by atoms with Crippen molar-refractivity contribution >= 4 is 29.1 Å². The van der Waals surface area contributed by atoms with Crippen molar-refractivity contribution in [3.8, 4) is 11.5 Å². The molecule has 8 heteroatoms. The topological polar surface area (TPSA) is 98.9 Å². The first-order valence-corrected chi connectivity index (χ1v) is 13.8. The number of nitrogens with zero attached hydrogens (tertiary/aromatic N) is 1. The van der Waals surface area contributed by atoms with E-state index >= 15 is 0 Å². The Labute approximate surface area is 230 Å². The molecule has 1 amide bonds. The molecule has 2 N–H and O–H groups in total. The Hall–Kier alpha value is -2.80. The number of halogens is 1. The van der Waals surface area contributed by atoms with Gasteiger partial charge in [-0.2, -0.15) is 0 Å². The van der Waals surface area contributed by atoms with Crippen molar-refractivity contribution in [3.63, 3.8) is 0 Å². The number of ether oxygens (including phenoxy) is 2. The van der Waals surface area contributed by atoms with E-state index in [0.29, 0.717) is 41.9 Å². The molecule has 0 radical (unpaired) electrons. The highest BCUT2D eigenvalue weighted by atomic mass is 35.5. The Bertz CT molecular complexity index is 1190. The third-order valence-corrected chi connectivity index (χ3v) is 7.77. The molecule has 4 rings (SSSR count). The van der Waals surface area contributed by atoms with Crippen LogP contribution in [0.5, 0.6) is 11.5 Å². The Balaban J connectivity index is 1.98. The number of Topliss-reactive ketones (excluding diaryl/α,β-unsaturated/α-hetero) is 2. The van der Waals surface area contributed by atoms with Crippen LogP contribution in [0.3, 0.4) is 0 Å². The van der Waals surface area contributed by atoms with Gasteiger partial charge >= 0.3 is 0 Å². The first-order chi connectivity index (χ1) is 17.8. The summed E-state index contributed by atoms with van der Waals surface area (Å²) in [7, 11) is 0. The Kier molecular flexibility index (Phi) is 7.72. The molecule has 0 aromatic heterocycles. The minimum atomic E-state index is -0.633. The minimum Gasteiger partial charge on any atom is -0.490 e. The maximum atomic E-state index is 13.9. The van der Waals surface area contributed by atoms with Gasteiger partial charge in [-0.1, -0.05) is 46.2 Å². The second-order valence-electron chi connectivity index (χ2n) is 12.2. The summed E-state index contributed by atoms with van der Waals surface area (Å²) in [5.41, 5.74) is 9.04. The van der Waals surface area contributed by atoms with Gasteiger partial charge in [0.25, 0.3) is 5.91 Å². The molecule has 206 valence electrons. The Morgan fingerprint density at radius 1 is 0.974 bits per heavy atom. The van der Waals surface area contributed by atoms with Crippen LogP contribution in [0.2, 0.25) is 5.02 Å². The molecule has 0 saturated heterocycles. The average Bonchev–Trinajstić information content (AvgIpc) is 2.77. The number of benzene rings is 1. The molecule has 2 aliphatic carbocycles. The molecule has 3 aliphatic rings. The SMILES string of the molecule is CCCN1C2=C(C(=O)CC(C)(C)C2)C(c2cc(Cl)c(OCC(N)=O)c(OCC)c2)C2=C1CC(C)(C)CC2=O. The zero-order valence-corrected chi connectivity index (χ0v) is 24.1. The van der Waals surface area contributed by atoms with Crippen molar-refractivity contribution in [3.05, 3.63) is 45.3 Å². The summed E-state index contributed by atoms with van der Waals surface area (Å²) < 4.78 is 11.4. The lowest BCUT2D eigenvalue weighted by Gasteiger charge is -2.49. The number of hydrogen-bond donors (Lipinski definition) is 1. The van der Waals surface area contributed by atoms with Crippen LogP contribution in [-0.4, -0.2) is 42.1 Å². The van der Waals surface area contributed by atoms with Crippen molar-refractivity contribution in [2.24, 2.45) is 16.6 Å². The number of carbonyl (C=O) groups is 3. The lowest BCUT2D eigenvalue weighted by atomic mass is 9.63. The number of allylic oxidation sites excluding steroid dienone is 4. The normalized spacial score (nSPS) is 20.9. The van der Waals surface area contributed by atoms with Crippen LogP contribution in [-0.2, 0) is 14.4 Å². The van der Waals surface area contributed by atoms with Gasteiger partial charge < -0.3 is 20.1 Å². The van der Waals surface area contributed by atoms with Gasteiger partial charge in [0, 0.05) is 47.8 Å². The van der Waals surface area contributed by atoms with Gasteiger partial charge in [-0.15, -0.1) is 0 Å².